The molecule has 4 nitrogen and oxygen atoms in total. The summed E-state index contributed by atoms with van der Waals surface area (Å²) in [7, 11) is 0. The Kier molecular flexibility index (Phi) is 4.81. The molecule has 1 aromatic rings. The van der Waals surface area contributed by atoms with Crippen molar-refractivity contribution in [2.75, 3.05) is 12.3 Å². The molecule has 0 heterocycles. The number of aromatic hydroxyl groups is 1. The van der Waals surface area contributed by atoms with Crippen molar-refractivity contribution in [1.82, 2.24) is 4.90 Å². The zero-order valence-corrected chi connectivity index (χ0v) is 12.2. The maximum absolute atomic E-state index is 12.2. The van der Waals surface area contributed by atoms with Crippen LogP contribution in [-0.2, 0) is 11.2 Å². The molecule has 1 aromatic carbocycles. The van der Waals surface area contributed by atoms with Gasteiger partial charge in [-0.25, -0.2) is 0 Å². The van der Waals surface area contributed by atoms with Crippen molar-refractivity contribution in [2.45, 2.75) is 46.1 Å². The fourth-order valence-electron chi connectivity index (χ4n) is 2.17. The Hall–Kier alpha value is -1.71. The Morgan fingerprint density at radius 2 is 2.00 bits per heavy atom. The molecule has 0 bridgehead atoms. The Labute approximate surface area is 115 Å². The average molecular weight is 264 g/mol. The molecule has 1 amide bonds. The van der Waals surface area contributed by atoms with Crippen LogP contribution in [0.15, 0.2) is 18.2 Å². The van der Waals surface area contributed by atoms with E-state index in [0.717, 1.165) is 5.56 Å². The summed E-state index contributed by atoms with van der Waals surface area (Å²) in [6.07, 6.45) is 1.09. The van der Waals surface area contributed by atoms with Crippen molar-refractivity contribution in [3.8, 4) is 5.75 Å². The second-order valence-corrected chi connectivity index (χ2v) is 5.70. The molecule has 1 rings (SSSR count). The third-order valence-corrected chi connectivity index (χ3v) is 3.15. The third-order valence-electron chi connectivity index (χ3n) is 3.15. The van der Waals surface area contributed by atoms with Crippen LogP contribution < -0.4 is 5.73 Å². The minimum absolute atomic E-state index is 0.0833. The Morgan fingerprint density at radius 1 is 1.37 bits per heavy atom. The maximum Gasteiger partial charge on any atom is 0.223 e. The Balaban J connectivity index is 2.65. The summed E-state index contributed by atoms with van der Waals surface area (Å²) < 4.78 is 0. The number of hydrogen-bond acceptors (Lipinski definition) is 3. The lowest BCUT2D eigenvalue weighted by Gasteiger charge is -2.35. The molecule has 0 spiro atoms. The lowest BCUT2D eigenvalue weighted by molar-refractivity contribution is -0.135. The van der Waals surface area contributed by atoms with E-state index in [1.54, 1.807) is 18.2 Å². The van der Waals surface area contributed by atoms with E-state index in [0.29, 0.717) is 25.1 Å². The summed E-state index contributed by atoms with van der Waals surface area (Å²) in [6.45, 7) is 8.80. The second-order valence-electron chi connectivity index (χ2n) is 5.70. The van der Waals surface area contributed by atoms with Crippen molar-refractivity contribution < 1.29 is 9.90 Å². The summed E-state index contributed by atoms with van der Waals surface area (Å²) >= 11 is 0. The zero-order chi connectivity index (χ0) is 14.6. The van der Waals surface area contributed by atoms with Crippen LogP contribution in [0.3, 0.4) is 0 Å². The highest BCUT2D eigenvalue weighted by atomic mass is 16.3. The van der Waals surface area contributed by atoms with Crippen molar-refractivity contribution in [1.29, 1.82) is 0 Å². The van der Waals surface area contributed by atoms with Crippen LogP contribution in [0, 0.1) is 0 Å². The number of anilines is 1. The SMILES string of the molecule is CCN(C(=O)CCc1ccc(O)c(N)c1)C(C)(C)C. The van der Waals surface area contributed by atoms with Crippen LogP contribution in [0.5, 0.6) is 5.75 Å². The Bertz CT molecular complexity index is 450. The molecule has 0 aliphatic carbocycles. The molecule has 0 unspecified atom stereocenters. The van der Waals surface area contributed by atoms with Gasteiger partial charge in [-0.1, -0.05) is 6.07 Å². The topological polar surface area (TPSA) is 66.6 Å². The summed E-state index contributed by atoms with van der Waals surface area (Å²) in [6, 6.07) is 5.08. The molecular formula is C15H24N2O2. The predicted molar refractivity (Wildman–Crippen MR) is 78.0 cm³/mol. The smallest absolute Gasteiger partial charge is 0.223 e. The minimum atomic E-state index is -0.153. The molecule has 0 fully saturated rings. The summed E-state index contributed by atoms with van der Waals surface area (Å²) in [4.78, 5) is 14.1. The number of amides is 1. The van der Waals surface area contributed by atoms with E-state index in [4.69, 9.17) is 5.73 Å². The second kappa shape index (κ2) is 5.95. The fraction of sp³-hybridized carbons (Fsp3) is 0.533. The van der Waals surface area contributed by atoms with Gasteiger partial charge in [-0.3, -0.25) is 4.79 Å². The van der Waals surface area contributed by atoms with Gasteiger partial charge in [0.05, 0.1) is 5.69 Å². The fourth-order valence-corrected chi connectivity index (χ4v) is 2.17. The van der Waals surface area contributed by atoms with Gasteiger partial charge in [-0.2, -0.15) is 0 Å². The van der Waals surface area contributed by atoms with Crippen molar-refractivity contribution in [3.63, 3.8) is 0 Å². The molecule has 0 aliphatic heterocycles. The van der Waals surface area contributed by atoms with E-state index < -0.39 is 0 Å². The van der Waals surface area contributed by atoms with Crippen molar-refractivity contribution in [2.24, 2.45) is 0 Å². The lowest BCUT2D eigenvalue weighted by atomic mass is 10.0. The van der Waals surface area contributed by atoms with E-state index in [2.05, 4.69) is 0 Å². The first-order valence-electron chi connectivity index (χ1n) is 6.63. The molecule has 4 heteroatoms. The molecule has 0 aromatic heterocycles. The molecule has 3 N–H and O–H groups in total. The van der Waals surface area contributed by atoms with Crippen molar-refractivity contribution in [3.05, 3.63) is 23.8 Å². The number of rotatable bonds is 4. The number of carbonyl (C=O) groups excluding carboxylic acids is 1. The van der Waals surface area contributed by atoms with Crippen LogP contribution in [-0.4, -0.2) is 28.0 Å². The highest BCUT2D eigenvalue weighted by molar-refractivity contribution is 5.77. The number of phenolic OH excluding ortho intramolecular Hbond substituents is 1. The molecule has 106 valence electrons. The highest BCUT2D eigenvalue weighted by Gasteiger charge is 2.24. The van der Waals surface area contributed by atoms with Crippen LogP contribution in [0.4, 0.5) is 5.69 Å². The van der Waals surface area contributed by atoms with Gasteiger partial charge in [-0.05, 0) is 51.8 Å². The number of phenols is 1. The Morgan fingerprint density at radius 3 is 2.47 bits per heavy atom. The first-order chi connectivity index (χ1) is 8.75. The van der Waals surface area contributed by atoms with E-state index in [1.807, 2.05) is 32.6 Å². The number of hydrogen-bond donors (Lipinski definition) is 2. The lowest BCUT2D eigenvalue weighted by Crippen LogP contribution is -2.45. The van der Waals surface area contributed by atoms with Crippen LogP contribution in [0.1, 0.15) is 39.7 Å². The first kappa shape index (κ1) is 15.3. The summed E-state index contributed by atoms with van der Waals surface area (Å²) in [5.41, 5.74) is 6.80. The van der Waals surface area contributed by atoms with Gasteiger partial charge in [-0.15, -0.1) is 0 Å². The molecule has 19 heavy (non-hydrogen) atoms. The van der Waals surface area contributed by atoms with Gasteiger partial charge in [0.25, 0.3) is 0 Å². The normalized spacial score (nSPS) is 11.4. The van der Waals surface area contributed by atoms with Gasteiger partial charge in [0.1, 0.15) is 5.75 Å². The van der Waals surface area contributed by atoms with Gasteiger partial charge in [0, 0.05) is 18.5 Å². The predicted octanol–water partition coefficient (Wildman–Crippen LogP) is 2.55. The molecular weight excluding hydrogens is 240 g/mol. The van der Waals surface area contributed by atoms with Gasteiger partial charge >= 0.3 is 0 Å². The van der Waals surface area contributed by atoms with Crippen LogP contribution in [0.25, 0.3) is 0 Å². The number of aryl methyl sites for hydroxylation is 1. The number of nitrogens with zero attached hydrogens (tertiary/aromatic N) is 1. The van der Waals surface area contributed by atoms with E-state index in [9.17, 15) is 9.90 Å². The largest absolute Gasteiger partial charge is 0.506 e. The standard InChI is InChI=1S/C15H24N2O2/c1-5-17(15(2,3)4)14(19)9-7-11-6-8-13(18)12(16)10-11/h6,8,10,18H,5,7,9,16H2,1-4H3. The highest BCUT2D eigenvalue weighted by Crippen LogP contribution is 2.22. The zero-order valence-electron chi connectivity index (χ0n) is 12.2. The number of benzene rings is 1. The number of nitrogens with two attached hydrogens (primary N) is 1. The first-order valence-corrected chi connectivity index (χ1v) is 6.63. The van der Waals surface area contributed by atoms with Gasteiger partial charge in [0.15, 0.2) is 0 Å². The molecule has 0 atom stereocenters. The molecule has 0 saturated heterocycles. The number of carbonyl (C=O) groups is 1. The quantitative estimate of drug-likeness (QED) is 0.648. The third kappa shape index (κ3) is 4.16. The van der Waals surface area contributed by atoms with E-state index in [1.165, 1.54) is 0 Å². The summed E-state index contributed by atoms with van der Waals surface area (Å²) in [5.74, 6) is 0.224. The van der Waals surface area contributed by atoms with Gasteiger partial charge in [0.2, 0.25) is 5.91 Å². The van der Waals surface area contributed by atoms with E-state index >= 15 is 0 Å². The van der Waals surface area contributed by atoms with E-state index in [-0.39, 0.29) is 17.2 Å². The summed E-state index contributed by atoms with van der Waals surface area (Å²) in [5, 5.41) is 9.35. The van der Waals surface area contributed by atoms with Gasteiger partial charge < -0.3 is 15.7 Å². The maximum atomic E-state index is 12.2. The molecule has 0 saturated carbocycles. The minimum Gasteiger partial charge on any atom is -0.506 e. The van der Waals surface area contributed by atoms with Crippen molar-refractivity contribution >= 4 is 11.6 Å². The average Bonchev–Trinajstić information content (AvgIpc) is 2.29. The number of nitrogen functional groups attached to an aromatic ring is 1. The monoisotopic (exact) mass is 264 g/mol. The molecule has 0 aliphatic rings. The van der Waals surface area contributed by atoms with Crippen LogP contribution in [0.2, 0.25) is 0 Å². The molecule has 0 radical (unpaired) electrons. The van der Waals surface area contributed by atoms with Crippen LogP contribution >= 0.6 is 0 Å².